The van der Waals surface area contributed by atoms with Gasteiger partial charge < -0.3 is 10.2 Å². The highest BCUT2D eigenvalue weighted by molar-refractivity contribution is 7.80. The van der Waals surface area contributed by atoms with Crippen LogP contribution in [0.25, 0.3) is 11.6 Å². The molecule has 0 aliphatic carbocycles. The van der Waals surface area contributed by atoms with Crippen molar-refractivity contribution in [1.82, 2.24) is 0 Å². The SMILES string of the molecule is O=C(O)C(=Cc1ccc(O)cc1)c1ccccc1S. The third kappa shape index (κ3) is 3.17. The average Bonchev–Trinajstić information content (AvgIpc) is 2.39. The van der Waals surface area contributed by atoms with Gasteiger partial charge in [0.15, 0.2) is 0 Å². The molecule has 2 rings (SSSR count). The summed E-state index contributed by atoms with van der Waals surface area (Å²) < 4.78 is 0. The number of benzene rings is 2. The van der Waals surface area contributed by atoms with E-state index in [2.05, 4.69) is 12.6 Å². The summed E-state index contributed by atoms with van der Waals surface area (Å²) in [7, 11) is 0. The first-order chi connectivity index (χ1) is 9.08. The molecule has 0 spiro atoms. The Hall–Kier alpha value is -2.20. The van der Waals surface area contributed by atoms with Crippen LogP contribution >= 0.6 is 12.6 Å². The van der Waals surface area contributed by atoms with Crippen molar-refractivity contribution in [3.63, 3.8) is 0 Å². The molecule has 96 valence electrons. The van der Waals surface area contributed by atoms with Crippen LogP contribution in [0.5, 0.6) is 5.75 Å². The molecule has 19 heavy (non-hydrogen) atoms. The van der Waals surface area contributed by atoms with E-state index in [1.165, 1.54) is 12.1 Å². The van der Waals surface area contributed by atoms with Crippen molar-refractivity contribution in [1.29, 1.82) is 0 Å². The van der Waals surface area contributed by atoms with Crippen molar-refractivity contribution in [2.45, 2.75) is 4.90 Å². The maximum Gasteiger partial charge on any atom is 0.336 e. The van der Waals surface area contributed by atoms with Crippen molar-refractivity contribution in [2.24, 2.45) is 0 Å². The Morgan fingerprint density at radius 3 is 2.26 bits per heavy atom. The van der Waals surface area contributed by atoms with Crippen LogP contribution in [-0.4, -0.2) is 16.2 Å². The zero-order valence-electron chi connectivity index (χ0n) is 9.95. The summed E-state index contributed by atoms with van der Waals surface area (Å²) in [5, 5.41) is 18.5. The summed E-state index contributed by atoms with van der Waals surface area (Å²) >= 11 is 4.27. The van der Waals surface area contributed by atoms with Gasteiger partial charge >= 0.3 is 5.97 Å². The topological polar surface area (TPSA) is 57.5 Å². The van der Waals surface area contributed by atoms with Crippen LogP contribution in [0, 0.1) is 0 Å². The van der Waals surface area contributed by atoms with Gasteiger partial charge in [-0.15, -0.1) is 12.6 Å². The fourth-order valence-corrected chi connectivity index (χ4v) is 1.97. The van der Waals surface area contributed by atoms with Gasteiger partial charge in [0.2, 0.25) is 0 Å². The zero-order valence-corrected chi connectivity index (χ0v) is 10.8. The molecule has 2 aromatic rings. The highest BCUT2D eigenvalue weighted by Gasteiger charge is 2.12. The van der Waals surface area contributed by atoms with Gasteiger partial charge in [-0.25, -0.2) is 4.79 Å². The van der Waals surface area contributed by atoms with Gasteiger partial charge in [0.25, 0.3) is 0 Å². The van der Waals surface area contributed by atoms with Gasteiger partial charge in [-0.05, 0) is 29.8 Å². The number of phenolic OH excluding ortho intramolecular Hbond substituents is 1. The first kappa shape index (κ1) is 13.2. The number of thiol groups is 1. The Bertz CT molecular complexity index is 630. The highest BCUT2D eigenvalue weighted by Crippen LogP contribution is 2.25. The van der Waals surface area contributed by atoms with E-state index in [4.69, 9.17) is 0 Å². The van der Waals surface area contributed by atoms with Crippen LogP contribution in [0.4, 0.5) is 0 Å². The molecule has 0 unspecified atom stereocenters. The number of hydrogen-bond acceptors (Lipinski definition) is 3. The number of rotatable bonds is 3. The Morgan fingerprint density at radius 1 is 1.05 bits per heavy atom. The predicted octanol–water partition coefficient (Wildman–Crippen LogP) is 3.31. The zero-order chi connectivity index (χ0) is 13.8. The molecule has 0 amide bonds. The van der Waals surface area contributed by atoms with Crippen molar-refractivity contribution < 1.29 is 15.0 Å². The van der Waals surface area contributed by atoms with Crippen LogP contribution in [0.15, 0.2) is 53.4 Å². The van der Waals surface area contributed by atoms with E-state index < -0.39 is 5.97 Å². The Balaban J connectivity index is 2.50. The van der Waals surface area contributed by atoms with Gasteiger partial charge in [0.1, 0.15) is 5.75 Å². The minimum atomic E-state index is -1.02. The van der Waals surface area contributed by atoms with Crippen LogP contribution in [0.1, 0.15) is 11.1 Å². The van der Waals surface area contributed by atoms with E-state index in [-0.39, 0.29) is 11.3 Å². The first-order valence-electron chi connectivity index (χ1n) is 5.60. The van der Waals surface area contributed by atoms with Gasteiger partial charge in [-0.1, -0.05) is 30.3 Å². The molecule has 0 atom stereocenters. The molecule has 0 aliphatic heterocycles. The van der Waals surface area contributed by atoms with E-state index in [1.54, 1.807) is 42.5 Å². The summed E-state index contributed by atoms with van der Waals surface area (Å²) in [4.78, 5) is 12.0. The third-order valence-electron chi connectivity index (χ3n) is 2.63. The third-order valence-corrected chi connectivity index (χ3v) is 3.02. The molecule has 0 aromatic heterocycles. The average molecular weight is 272 g/mol. The molecular formula is C15H12O3S. The number of aliphatic carboxylic acids is 1. The summed E-state index contributed by atoms with van der Waals surface area (Å²) in [6.45, 7) is 0. The normalized spacial score (nSPS) is 11.3. The minimum absolute atomic E-state index is 0.142. The summed E-state index contributed by atoms with van der Waals surface area (Å²) in [6.07, 6.45) is 1.55. The van der Waals surface area contributed by atoms with Gasteiger partial charge in [-0.2, -0.15) is 0 Å². The maximum atomic E-state index is 11.4. The second-order valence-corrected chi connectivity index (χ2v) is 4.45. The lowest BCUT2D eigenvalue weighted by Crippen LogP contribution is -2.00. The van der Waals surface area contributed by atoms with Crippen molar-refractivity contribution in [3.05, 3.63) is 59.7 Å². The lowest BCUT2D eigenvalue weighted by Gasteiger charge is -2.06. The van der Waals surface area contributed by atoms with E-state index in [9.17, 15) is 15.0 Å². The summed E-state index contributed by atoms with van der Waals surface area (Å²) in [5.74, 6) is -0.877. The highest BCUT2D eigenvalue weighted by atomic mass is 32.1. The van der Waals surface area contributed by atoms with Crippen molar-refractivity contribution in [3.8, 4) is 5.75 Å². The van der Waals surface area contributed by atoms with Gasteiger partial charge in [0, 0.05) is 10.5 Å². The Kier molecular flexibility index (Phi) is 3.92. The molecule has 0 heterocycles. The smallest absolute Gasteiger partial charge is 0.336 e. The fraction of sp³-hybridized carbons (Fsp3) is 0. The quantitative estimate of drug-likeness (QED) is 0.456. The van der Waals surface area contributed by atoms with E-state index in [1.807, 2.05) is 0 Å². The molecule has 0 fully saturated rings. The maximum absolute atomic E-state index is 11.4. The lowest BCUT2D eigenvalue weighted by atomic mass is 10.0. The number of carbonyl (C=O) groups is 1. The molecular weight excluding hydrogens is 260 g/mol. The summed E-state index contributed by atoms with van der Waals surface area (Å²) in [6, 6.07) is 13.3. The molecule has 0 saturated heterocycles. The molecule has 2 N–H and O–H groups in total. The largest absolute Gasteiger partial charge is 0.508 e. The first-order valence-corrected chi connectivity index (χ1v) is 6.05. The van der Waals surface area contributed by atoms with Crippen LogP contribution in [0.2, 0.25) is 0 Å². The van der Waals surface area contributed by atoms with E-state index in [0.717, 1.165) is 0 Å². The Morgan fingerprint density at radius 2 is 1.68 bits per heavy atom. The van der Waals surface area contributed by atoms with Crippen LogP contribution in [-0.2, 0) is 4.79 Å². The molecule has 3 nitrogen and oxygen atoms in total. The second-order valence-electron chi connectivity index (χ2n) is 3.97. The molecule has 4 heteroatoms. The second kappa shape index (κ2) is 5.63. The van der Waals surface area contributed by atoms with E-state index >= 15 is 0 Å². The number of carboxylic acid groups (broad SMARTS) is 1. The minimum Gasteiger partial charge on any atom is -0.508 e. The number of hydrogen-bond donors (Lipinski definition) is 3. The molecule has 0 radical (unpaired) electrons. The molecule has 0 bridgehead atoms. The monoisotopic (exact) mass is 272 g/mol. The van der Waals surface area contributed by atoms with Gasteiger partial charge in [-0.3, -0.25) is 0 Å². The number of aromatic hydroxyl groups is 1. The molecule has 2 aromatic carbocycles. The summed E-state index contributed by atoms with van der Waals surface area (Å²) in [5.41, 5.74) is 1.43. The van der Waals surface area contributed by atoms with Crippen LogP contribution in [0.3, 0.4) is 0 Å². The van der Waals surface area contributed by atoms with Crippen LogP contribution < -0.4 is 0 Å². The van der Waals surface area contributed by atoms with Gasteiger partial charge in [0.05, 0.1) is 5.57 Å². The van der Waals surface area contributed by atoms with E-state index in [0.29, 0.717) is 16.0 Å². The number of phenols is 1. The Labute approximate surface area is 116 Å². The van der Waals surface area contributed by atoms with Crippen molar-refractivity contribution in [2.75, 3.05) is 0 Å². The molecule has 0 saturated carbocycles. The fourth-order valence-electron chi connectivity index (χ4n) is 1.69. The van der Waals surface area contributed by atoms with Crippen molar-refractivity contribution >= 4 is 30.2 Å². The standard InChI is InChI=1S/C15H12O3S/c16-11-7-5-10(6-8-11)9-13(15(17)18)12-3-1-2-4-14(12)19/h1-9,16,19H,(H,17,18). The number of carboxylic acids is 1. The predicted molar refractivity (Wildman–Crippen MR) is 77.3 cm³/mol. The molecule has 0 aliphatic rings. The lowest BCUT2D eigenvalue weighted by molar-refractivity contribution is -0.130.